The summed E-state index contributed by atoms with van der Waals surface area (Å²) in [6.45, 7) is -0.700. The van der Waals surface area contributed by atoms with Crippen LogP contribution in [0.15, 0.2) is 30.6 Å². The summed E-state index contributed by atoms with van der Waals surface area (Å²) in [5, 5.41) is 0. The van der Waals surface area contributed by atoms with Gasteiger partial charge in [-0.1, -0.05) is 12.1 Å². The Labute approximate surface area is 100.0 Å². The third-order valence-electron chi connectivity index (χ3n) is 2.26. The van der Waals surface area contributed by atoms with Crippen LogP contribution in [0.25, 0.3) is 11.0 Å². The number of halogens is 3. The number of hydrogen-bond acceptors (Lipinski definition) is 3. The summed E-state index contributed by atoms with van der Waals surface area (Å²) < 4.78 is 41.3. The Kier molecular flexibility index (Phi) is 3.22. The van der Waals surface area contributed by atoms with Gasteiger partial charge in [-0.3, -0.25) is 0 Å². The molecule has 0 aliphatic carbocycles. The molecule has 1 aromatic heterocycles. The van der Waals surface area contributed by atoms with Crippen molar-refractivity contribution in [3.8, 4) is 0 Å². The highest BCUT2D eigenvalue weighted by Gasteiger charge is 2.27. The van der Waals surface area contributed by atoms with Crippen LogP contribution in [0, 0.1) is 0 Å². The van der Waals surface area contributed by atoms with E-state index >= 15 is 0 Å². The molecule has 7 heteroatoms. The molecule has 4 nitrogen and oxygen atoms in total. The number of imidazole rings is 1. The predicted octanol–water partition coefficient (Wildman–Crippen LogP) is 2.97. The topological polar surface area (TPSA) is 44.1 Å². The molecular weight excluding hydrogens is 249 g/mol. The summed E-state index contributed by atoms with van der Waals surface area (Å²) in [5.74, 6) is 0. The molecule has 1 heterocycles. The molecule has 0 spiro atoms. The van der Waals surface area contributed by atoms with Gasteiger partial charge in [0.2, 0.25) is 0 Å². The number of alkyl halides is 3. The molecule has 2 aromatic rings. The van der Waals surface area contributed by atoms with Crippen molar-refractivity contribution in [1.82, 2.24) is 9.55 Å². The zero-order valence-corrected chi connectivity index (χ0v) is 9.15. The van der Waals surface area contributed by atoms with Crippen LogP contribution in [-0.4, -0.2) is 28.4 Å². The second-order valence-electron chi connectivity index (χ2n) is 3.58. The summed E-state index contributed by atoms with van der Waals surface area (Å²) >= 11 is 0. The van der Waals surface area contributed by atoms with E-state index in [1.807, 2.05) is 0 Å². The number of nitrogens with zero attached hydrogens (tertiary/aromatic N) is 2. The molecule has 1 aromatic carbocycles. The van der Waals surface area contributed by atoms with E-state index in [1.54, 1.807) is 24.3 Å². The summed E-state index contributed by atoms with van der Waals surface area (Å²) in [5.41, 5.74) is 1.07. The van der Waals surface area contributed by atoms with Crippen LogP contribution in [0.5, 0.6) is 0 Å². The maximum absolute atomic E-state index is 11.9. The molecular formula is C11H9F3N2O2. The van der Waals surface area contributed by atoms with E-state index in [1.165, 1.54) is 6.33 Å². The Morgan fingerprint density at radius 3 is 2.78 bits per heavy atom. The SMILES string of the molecule is O=C(OCCC(F)(F)F)n1cnc2ccccc21. The second kappa shape index (κ2) is 4.67. The highest BCUT2D eigenvalue weighted by molar-refractivity contribution is 5.86. The van der Waals surface area contributed by atoms with Gasteiger partial charge in [0, 0.05) is 0 Å². The minimum absolute atomic E-state index is 0.495. The van der Waals surface area contributed by atoms with Gasteiger partial charge in [-0.15, -0.1) is 0 Å². The molecule has 0 fully saturated rings. The number of carbonyl (C=O) groups is 1. The van der Waals surface area contributed by atoms with Crippen LogP contribution in [0.2, 0.25) is 0 Å². The Morgan fingerprint density at radius 2 is 2.06 bits per heavy atom. The van der Waals surface area contributed by atoms with Crippen LogP contribution >= 0.6 is 0 Å². The number of hydrogen-bond donors (Lipinski definition) is 0. The molecule has 0 saturated heterocycles. The number of aromatic nitrogens is 2. The fourth-order valence-electron chi connectivity index (χ4n) is 1.43. The molecule has 2 rings (SSSR count). The van der Waals surface area contributed by atoms with Crippen molar-refractivity contribution >= 4 is 17.1 Å². The van der Waals surface area contributed by atoms with Gasteiger partial charge in [-0.2, -0.15) is 13.2 Å². The first-order valence-electron chi connectivity index (χ1n) is 5.13. The first-order valence-corrected chi connectivity index (χ1v) is 5.13. The maximum Gasteiger partial charge on any atom is 0.419 e. The van der Waals surface area contributed by atoms with Crippen molar-refractivity contribution in [3.05, 3.63) is 30.6 Å². The molecule has 96 valence electrons. The summed E-state index contributed by atoms with van der Waals surface area (Å²) in [6, 6.07) is 6.76. The minimum Gasteiger partial charge on any atom is -0.449 e. The molecule has 0 N–H and O–H groups in total. The zero-order chi connectivity index (χ0) is 13.2. The van der Waals surface area contributed by atoms with E-state index in [2.05, 4.69) is 9.72 Å². The highest BCUT2D eigenvalue weighted by atomic mass is 19.4. The van der Waals surface area contributed by atoms with E-state index < -0.39 is 25.3 Å². The fourth-order valence-corrected chi connectivity index (χ4v) is 1.43. The minimum atomic E-state index is -4.34. The van der Waals surface area contributed by atoms with Crippen molar-refractivity contribution in [3.63, 3.8) is 0 Å². The fraction of sp³-hybridized carbons (Fsp3) is 0.273. The van der Waals surface area contributed by atoms with Gasteiger partial charge in [-0.25, -0.2) is 14.3 Å². The largest absolute Gasteiger partial charge is 0.449 e. The lowest BCUT2D eigenvalue weighted by Crippen LogP contribution is -2.17. The van der Waals surface area contributed by atoms with Gasteiger partial charge >= 0.3 is 12.3 Å². The normalized spacial score (nSPS) is 11.7. The molecule has 18 heavy (non-hydrogen) atoms. The van der Waals surface area contributed by atoms with Crippen molar-refractivity contribution in [2.75, 3.05) is 6.61 Å². The van der Waals surface area contributed by atoms with E-state index in [4.69, 9.17) is 0 Å². The van der Waals surface area contributed by atoms with Crippen molar-refractivity contribution in [2.45, 2.75) is 12.6 Å². The molecule has 0 saturated carbocycles. The Hall–Kier alpha value is -2.05. The molecule has 0 atom stereocenters. The number of fused-ring (bicyclic) bond motifs is 1. The average Bonchev–Trinajstić information content (AvgIpc) is 2.70. The van der Waals surface area contributed by atoms with E-state index in [9.17, 15) is 18.0 Å². The third-order valence-corrected chi connectivity index (χ3v) is 2.26. The molecule has 0 amide bonds. The van der Waals surface area contributed by atoms with E-state index in [0.29, 0.717) is 11.0 Å². The molecule has 0 unspecified atom stereocenters. The van der Waals surface area contributed by atoms with Crippen molar-refractivity contribution < 1.29 is 22.7 Å². The summed E-state index contributed by atoms with van der Waals surface area (Å²) in [7, 11) is 0. The Morgan fingerprint density at radius 1 is 1.33 bits per heavy atom. The average molecular weight is 258 g/mol. The predicted molar refractivity (Wildman–Crippen MR) is 57.2 cm³/mol. The van der Waals surface area contributed by atoms with Crippen molar-refractivity contribution in [2.24, 2.45) is 0 Å². The maximum atomic E-state index is 11.9. The number of benzene rings is 1. The number of para-hydroxylation sites is 2. The zero-order valence-electron chi connectivity index (χ0n) is 9.15. The highest BCUT2D eigenvalue weighted by Crippen LogP contribution is 2.19. The first kappa shape index (κ1) is 12.4. The Balaban J connectivity index is 2.05. The molecule has 0 aliphatic heterocycles. The lowest BCUT2D eigenvalue weighted by atomic mass is 10.3. The molecule has 0 aliphatic rings. The lowest BCUT2D eigenvalue weighted by molar-refractivity contribution is -0.141. The van der Waals surface area contributed by atoms with Crippen LogP contribution in [0.1, 0.15) is 6.42 Å². The summed E-state index contributed by atoms with van der Waals surface area (Å²) in [6.07, 6.45) is -5.14. The van der Waals surface area contributed by atoms with Crippen LogP contribution in [0.3, 0.4) is 0 Å². The monoisotopic (exact) mass is 258 g/mol. The standard InChI is InChI=1S/C11H9F3N2O2/c12-11(13,14)5-6-18-10(17)16-7-15-8-3-1-2-4-9(8)16/h1-4,7H,5-6H2. The third kappa shape index (κ3) is 2.79. The van der Waals surface area contributed by atoms with Gasteiger partial charge in [0.05, 0.1) is 17.5 Å². The summed E-state index contributed by atoms with van der Waals surface area (Å²) in [4.78, 5) is 15.5. The van der Waals surface area contributed by atoms with E-state index in [-0.39, 0.29) is 0 Å². The van der Waals surface area contributed by atoms with Crippen LogP contribution in [-0.2, 0) is 4.74 Å². The second-order valence-corrected chi connectivity index (χ2v) is 3.58. The van der Waals surface area contributed by atoms with Gasteiger partial charge in [0.25, 0.3) is 0 Å². The van der Waals surface area contributed by atoms with Gasteiger partial charge in [-0.05, 0) is 12.1 Å². The van der Waals surface area contributed by atoms with Crippen LogP contribution in [0.4, 0.5) is 18.0 Å². The molecule has 0 bridgehead atoms. The van der Waals surface area contributed by atoms with Gasteiger partial charge in [0.1, 0.15) is 12.9 Å². The molecule has 0 radical (unpaired) electrons. The number of rotatable bonds is 2. The lowest BCUT2D eigenvalue weighted by Gasteiger charge is -2.07. The number of carbonyl (C=O) groups excluding carboxylic acids is 1. The smallest absolute Gasteiger partial charge is 0.419 e. The van der Waals surface area contributed by atoms with Gasteiger partial charge in [0.15, 0.2) is 0 Å². The van der Waals surface area contributed by atoms with Crippen LogP contribution < -0.4 is 0 Å². The van der Waals surface area contributed by atoms with E-state index in [0.717, 1.165) is 4.57 Å². The van der Waals surface area contributed by atoms with Gasteiger partial charge < -0.3 is 4.74 Å². The number of ether oxygens (including phenoxy) is 1. The first-order chi connectivity index (χ1) is 8.47. The Bertz CT molecular complexity index is 563. The quantitative estimate of drug-likeness (QED) is 0.831. The van der Waals surface area contributed by atoms with Crippen molar-refractivity contribution in [1.29, 1.82) is 0 Å².